The van der Waals surface area contributed by atoms with E-state index in [-0.39, 0.29) is 6.04 Å². The zero-order valence-corrected chi connectivity index (χ0v) is 9.07. The maximum Gasteiger partial charge on any atom is 0.0639 e. The summed E-state index contributed by atoms with van der Waals surface area (Å²) < 4.78 is 5.42. The van der Waals surface area contributed by atoms with Gasteiger partial charge in [0.05, 0.1) is 12.6 Å². The largest absolute Gasteiger partial charge is 0.380 e. The maximum atomic E-state index is 5.55. The van der Waals surface area contributed by atoms with Gasteiger partial charge in [-0.1, -0.05) is 24.3 Å². The zero-order chi connectivity index (χ0) is 10.7. The molecule has 3 N–H and O–H groups in total. The zero-order valence-electron chi connectivity index (χ0n) is 9.07. The Labute approximate surface area is 90.6 Å². The number of nitrogens with two attached hydrogens (primary N) is 1. The van der Waals surface area contributed by atoms with Crippen molar-refractivity contribution in [3.63, 3.8) is 0 Å². The summed E-state index contributed by atoms with van der Waals surface area (Å²) in [7, 11) is 0. The van der Waals surface area contributed by atoms with Gasteiger partial charge in [-0.05, 0) is 24.5 Å². The normalized spacial score (nSPS) is 20.5. The minimum atomic E-state index is 0.236. The van der Waals surface area contributed by atoms with Crippen LogP contribution in [0.5, 0.6) is 0 Å². The van der Waals surface area contributed by atoms with Gasteiger partial charge in [0.1, 0.15) is 0 Å². The Morgan fingerprint density at radius 1 is 1.53 bits per heavy atom. The fraction of sp³-hybridized carbons (Fsp3) is 0.500. The van der Waals surface area contributed by atoms with Gasteiger partial charge >= 0.3 is 0 Å². The van der Waals surface area contributed by atoms with Crippen molar-refractivity contribution < 1.29 is 4.74 Å². The molecule has 1 aliphatic rings. The smallest absolute Gasteiger partial charge is 0.0639 e. The Bertz CT molecular complexity index is 327. The van der Waals surface area contributed by atoms with Crippen LogP contribution in [0.3, 0.4) is 0 Å². The van der Waals surface area contributed by atoms with Gasteiger partial charge in [-0.2, -0.15) is 0 Å². The first-order chi connectivity index (χ1) is 7.36. The summed E-state index contributed by atoms with van der Waals surface area (Å²) in [6.45, 7) is 3.43. The highest BCUT2D eigenvalue weighted by Crippen LogP contribution is 2.37. The highest BCUT2D eigenvalue weighted by atomic mass is 16.5. The van der Waals surface area contributed by atoms with Crippen molar-refractivity contribution in [3.05, 3.63) is 35.4 Å². The molecule has 2 atom stereocenters. The van der Waals surface area contributed by atoms with E-state index in [1.807, 2.05) is 6.92 Å². The average molecular weight is 206 g/mol. The number of rotatable bonds is 5. The molecule has 0 saturated heterocycles. The van der Waals surface area contributed by atoms with Gasteiger partial charge in [0, 0.05) is 12.5 Å². The number of hydrogen-bond donors (Lipinski definition) is 2. The van der Waals surface area contributed by atoms with Crippen LogP contribution in [0.4, 0.5) is 0 Å². The van der Waals surface area contributed by atoms with Crippen LogP contribution in [0, 0.1) is 0 Å². The van der Waals surface area contributed by atoms with Gasteiger partial charge in [-0.15, -0.1) is 0 Å². The van der Waals surface area contributed by atoms with Gasteiger partial charge < -0.3 is 4.74 Å². The Morgan fingerprint density at radius 3 is 3.00 bits per heavy atom. The molecule has 0 spiro atoms. The van der Waals surface area contributed by atoms with E-state index in [4.69, 9.17) is 10.6 Å². The van der Waals surface area contributed by atoms with E-state index in [2.05, 4.69) is 29.7 Å². The second-order valence-electron chi connectivity index (χ2n) is 3.94. The lowest BCUT2D eigenvalue weighted by Gasteiger charge is -2.36. The molecule has 0 aliphatic heterocycles. The SMILES string of the molecule is CCOCC(NN)C1Cc2ccccc21. The Morgan fingerprint density at radius 2 is 2.33 bits per heavy atom. The lowest BCUT2D eigenvalue weighted by molar-refractivity contribution is 0.111. The fourth-order valence-corrected chi connectivity index (χ4v) is 2.18. The van der Waals surface area contributed by atoms with Crippen LogP contribution >= 0.6 is 0 Å². The quantitative estimate of drug-likeness (QED) is 0.562. The number of benzene rings is 1. The second kappa shape index (κ2) is 4.75. The van der Waals surface area contributed by atoms with Crippen molar-refractivity contribution in [1.29, 1.82) is 0 Å². The predicted molar refractivity (Wildman–Crippen MR) is 60.5 cm³/mol. The Kier molecular flexibility index (Phi) is 3.36. The minimum absolute atomic E-state index is 0.236. The fourth-order valence-electron chi connectivity index (χ4n) is 2.18. The van der Waals surface area contributed by atoms with Gasteiger partial charge in [-0.25, -0.2) is 0 Å². The monoisotopic (exact) mass is 206 g/mol. The molecule has 0 saturated carbocycles. The van der Waals surface area contributed by atoms with Crippen LogP contribution in [-0.2, 0) is 11.2 Å². The summed E-state index contributed by atoms with van der Waals surface area (Å²) >= 11 is 0. The lowest BCUT2D eigenvalue weighted by Crippen LogP contribution is -2.46. The molecule has 3 nitrogen and oxygen atoms in total. The summed E-state index contributed by atoms with van der Waals surface area (Å²) in [6.07, 6.45) is 1.11. The van der Waals surface area contributed by atoms with Crippen LogP contribution < -0.4 is 11.3 Å². The predicted octanol–water partition coefficient (Wildman–Crippen LogP) is 1.19. The van der Waals surface area contributed by atoms with E-state index in [1.165, 1.54) is 11.1 Å². The highest BCUT2D eigenvalue weighted by molar-refractivity contribution is 5.41. The third kappa shape index (κ3) is 2.04. The number of fused-ring (bicyclic) bond motifs is 1. The van der Waals surface area contributed by atoms with Crippen LogP contribution in [-0.4, -0.2) is 19.3 Å². The number of ether oxygens (including phenoxy) is 1. The third-order valence-corrected chi connectivity index (χ3v) is 3.10. The van der Waals surface area contributed by atoms with Crippen molar-refractivity contribution in [2.45, 2.75) is 25.3 Å². The molecule has 0 aromatic heterocycles. The molecular weight excluding hydrogens is 188 g/mol. The Hall–Kier alpha value is -0.900. The standard InChI is InChI=1S/C12H18N2O/c1-2-15-8-12(14-13)11-7-9-5-3-4-6-10(9)11/h3-6,11-12,14H,2,7-8,13H2,1H3. The first kappa shape index (κ1) is 10.6. The molecule has 3 heteroatoms. The molecule has 2 rings (SSSR count). The van der Waals surface area contributed by atoms with Crippen LogP contribution in [0.15, 0.2) is 24.3 Å². The van der Waals surface area contributed by atoms with E-state index in [1.54, 1.807) is 0 Å². The molecule has 82 valence electrons. The van der Waals surface area contributed by atoms with Crippen molar-refractivity contribution in [3.8, 4) is 0 Å². The lowest BCUT2D eigenvalue weighted by atomic mass is 9.74. The summed E-state index contributed by atoms with van der Waals surface area (Å²) in [5.74, 6) is 6.06. The maximum absolute atomic E-state index is 5.55. The summed E-state index contributed by atoms with van der Waals surface area (Å²) in [4.78, 5) is 0. The first-order valence-electron chi connectivity index (χ1n) is 5.48. The molecule has 1 aromatic rings. The summed E-state index contributed by atoms with van der Waals surface area (Å²) in [6, 6.07) is 8.77. The number of nitrogens with one attached hydrogen (secondary N) is 1. The topological polar surface area (TPSA) is 47.3 Å². The third-order valence-electron chi connectivity index (χ3n) is 3.10. The molecule has 0 heterocycles. The average Bonchev–Trinajstić information content (AvgIpc) is 2.24. The van der Waals surface area contributed by atoms with Gasteiger partial charge in [0.15, 0.2) is 0 Å². The molecule has 1 aromatic carbocycles. The van der Waals surface area contributed by atoms with Crippen molar-refractivity contribution >= 4 is 0 Å². The molecule has 0 fully saturated rings. The molecule has 1 aliphatic carbocycles. The molecule has 2 unspecified atom stereocenters. The van der Waals surface area contributed by atoms with Gasteiger partial charge in [0.25, 0.3) is 0 Å². The molecular formula is C12H18N2O. The van der Waals surface area contributed by atoms with Crippen molar-refractivity contribution in [2.75, 3.05) is 13.2 Å². The minimum Gasteiger partial charge on any atom is -0.380 e. The summed E-state index contributed by atoms with van der Waals surface area (Å²) in [5, 5.41) is 0. The van der Waals surface area contributed by atoms with E-state index in [0.29, 0.717) is 12.5 Å². The van der Waals surface area contributed by atoms with Crippen molar-refractivity contribution in [2.24, 2.45) is 5.84 Å². The number of hydrogen-bond acceptors (Lipinski definition) is 3. The molecule has 0 bridgehead atoms. The van der Waals surface area contributed by atoms with Gasteiger partial charge in [-0.3, -0.25) is 11.3 Å². The second-order valence-corrected chi connectivity index (χ2v) is 3.94. The van der Waals surface area contributed by atoms with Crippen LogP contribution in [0.1, 0.15) is 24.0 Å². The highest BCUT2D eigenvalue weighted by Gasteiger charge is 2.31. The summed E-state index contributed by atoms with van der Waals surface area (Å²) in [5.41, 5.74) is 5.72. The molecule has 0 radical (unpaired) electrons. The first-order valence-corrected chi connectivity index (χ1v) is 5.48. The molecule has 15 heavy (non-hydrogen) atoms. The van der Waals surface area contributed by atoms with E-state index >= 15 is 0 Å². The van der Waals surface area contributed by atoms with E-state index < -0.39 is 0 Å². The number of hydrazine groups is 1. The van der Waals surface area contributed by atoms with E-state index in [9.17, 15) is 0 Å². The van der Waals surface area contributed by atoms with Crippen molar-refractivity contribution in [1.82, 2.24) is 5.43 Å². The molecule has 0 amide bonds. The Balaban J connectivity index is 2.01. The van der Waals surface area contributed by atoms with E-state index in [0.717, 1.165) is 13.0 Å². The van der Waals surface area contributed by atoms with Crippen LogP contribution in [0.2, 0.25) is 0 Å². The van der Waals surface area contributed by atoms with Gasteiger partial charge in [0.2, 0.25) is 0 Å². The van der Waals surface area contributed by atoms with Crippen LogP contribution in [0.25, 0.3) is 0 Å².